The Labute approximate surface area is 347 Å². The molecule has 4 nitrogen and oxygen atoms in total. The SMILES string of the molecule is C1=Cc2nc1c(-c1ccccc1)c1ccc([se]1)c(-c1ccccc1)c1ccc([nH]1)c1nc(c(-c3ccccc3)c3ccc([se]3)c(-c3ccccc3)c3ccc2[nH]3)C=C1. The van der Waals surface area contributed by atoms with Gasteiger partial charge >= 0.3 is 349 Å². The van der Waals surface area contributed by atoms with Crippen LogP contribution in [0.3, 0.4) is 0 Å². The average Bonchev–Trinajstić information content (AvgIpc) is 4.13. The first-order valence-corrected chi connectivity index (χ1v) is 22.7. The van der Waals surface area contributed by atoms with Gasteiger partial charge in [0.1, 0.15) is 0 Å². The molecule has 0 saturated carbocycles. The summed E-state index contributed by atoms with van der Waals surface area (Å²) in [5.74, 6) is 0. The zero-order valence-electron chi connectivity index (χ0n) is 31.2. The maximum atomic E-state index is 5.35. The molecule has 0 aliphatic carbocycles. The van der Waals surface area contributed by atoms with E-state index in [4.69, 9.17) is 9.97 Å². The summed E-state index contributed by atoms with van der Waals surface area (Å²) in [5, 5.41) is 0. The summed E-state index contributed by atoms with van der Waals surface area (Å²) in [6.07, 6.45) is 8.68. The second-order valence-electron chi connectivity index (χ2n) is 14.3. The molecular weight excluding hydrogens is 839 g/mol. The second-order valence-corrected chi connectivity index (χ2v) is 18.8. The molecule has 2 aliphatic rings. The Morgan fingerprint density at radius 2 is 0.569 bits per heavy atom. The average molecular weight is 873 g/mol. The molecule has 12 bridgehead atoms. The van der Waals surface area contributed by atoms with Gasteiger partial charge in [0, 0.05) is 0 Å². The van der Waals surface area contributed by atoms with Crippen molar-refractivity contribution in [3.8, 4) is 44.5 Å². The molecule has 0 radical (unpaired) electrons. The van der Waals surface area contributed by atoms with Crippen LogP contribution in [0.15, 0.2) is 170 Å². The van der Waals surface area contributed by atoms with Crippen molar-refractivity contribution in [1.82, 2.24) is 19.9 Å². The first-order chi connectivity index (χ1) is 28.7. The maximum absolute atomic E-state index is 5.35. The second kappa shape index (κ2) is 14.8. The summed E-state index contributed by atoms with van der Waals surface area (Å²) in [4.78, 5) is 18.4. The fourth-order valence-corrected chi connectivity index (χ4v) is 12.9. The monoisotopic (exact) mass is 874 g/mol. The summed E-state index contributed by atoms with van der Waals surface area (Å²) in [5.41, 5.74) is 17.5. The van der Waals surface area contributed by atoms with Crippen LogP contribution in [0.25, 0.3) is 108 Å². The number of nitrogens with one attached hydrogen (secondary N) is 2. The van der Waals surface area contributed by atoms with E-state index in [9.17, 15) is 0 Å². The van der Waals surface area contributed by atoms with Crippen LogP contribution in [0, 0.1) is 0 Å². The number of benzene rings is 4. The predicted octanol–water partition coefficient (Wildman–Crippen LogP) is 12.9. The van der Waals surface area contributed by atoms with Crippen LogP contribution in [0.4, 0.5) is 0 Å². The molecule has 58 heavy (non-hydrogen) atoms. The van der Waals surface area contributed by atoms with Crippen LogP contribution in [0.1, 0.15) is 22.8 Å². The normalized spacial score (nSPS) is 12.0. The molecule has 5 aromatic heterocycles. The van der Waals surface area contributed by atoms with Gasteiger partial charge in [-0.1, -0.05) is 0 Å². The third-order valence-corrected chi connectivity index (χ3v) is 15.4. The van der Waals surface area contributed by atoms with Gasteiger partial charge < -0.3 is 0 Å². The number of H-pyrrole nitrogens is 2. The topological polar surface area (TPSA) is 57.4 Å². The van der Waals surface area contributed by atoms with Gasteiger partial charge in [0.05, 0.1) is 0 Å². The van der Waals surface area contributed by atoms with E-state index in [2.05, 4.69) is 204 Å². The molecule has 274 valence electrons. The van der Waals surface area contributed by atoms with Gasteiger partial charge in [-0.15, -0.1) is 0 Å². The number of rotatable bonds is 4. The Kier molecular flexibility index (Phi) is 8.84. The first kappa shape index (κ1) is 34.7. The van der Waals surface area contributed by atoms with E-state index < -0.39 is 0 Å². The zero-order chi connectivity index (χ0) is 38.4. The van der Waals surface area contributed by atoms with E-state index in [1.165, 1.54) is 61.5 Å². The van der Waals surface area contributed by atoms with Gasteiger partial charge in [-0.25, -0.2) is 0 Å². The molecule has 11 rings (SSSR count). The molecule has 7 heterocycles. The molecule has 0 unspecified atom stereocenters. The van der Waals surface area contributed by atoms with Crippen molar-refractivity contribution in [3.05, 3.63) is 193 Å². The standard InChI is InChI=1S/C52H34N4Se2/c1-5-13-33(14-6-1)49-41-25-21-37(53-41)38-22-26-43(54-38)51(35-17-9-3-10-18-35)47-31-32-48(58-47)52(36-19-11-4-12-20-36)44-28-24-40(56-44)39-23-27-42(55-39)50(34-15-7-2-8-16-34)46-30-29-45(49)57-46/h1-32,53,56H. The first-order valence-electron chi connectivity index (χ1n) is 19.3. The van der Waals surface area contributed by atoms with Crippen molar-refractivity contribution in [2.45, 2.75) is 0 Å². The number of aromatic amines is 2. The molecular formula is C52H34N4Se2. The molecule has 9 aromatic rings. The number of fused-ring (bicyclic) bond motifs is 14. The van der Waals surface area contributed by atoms with Crippen molar-refractivity contribution in [3.63, 3.8) is 0 Å². The van der Waals surface area contributed by atoms with Gasteiger partial charge in [0.15, 0.2) is 0 Å². The van der Waals surface area contributed by atoms with Crippen molar-refractivity contribution in [1.29, 1.82) is 0 Å². The van der Waals surface area contributed by atoms with Crippen molar-refractivity contribution >= 4 is 92.4 Å². The van der Waals surface area contributed by atoms with E-state index in [-0.39, 0.29) is 29.0 Å². The fourth-order valence-electron chi connectivity index (χ4n) is 8.01. The van der Waals surface area contributed by atoms with Gasteiger partial charge in [0.2, 0.25) is 0 Å². The molecule has 4 aromatic carbocycles. The molecule has 2 aliphatic heterocycles. The quantitative estimate of drug-likeness (QED) is 0.173. The van der Waals surface area contributed by atoms with Gasteiger partial charge in [0.25, 0.3) is 0 Å². The minimum absolute atomic E-state index is 0.00459. The number of nitrogens with zero attached hydrogens (tertiary/aromatic N) is 2. The Balaban J connectivity index is 1.29. The minimum atomic E-state index is 0.00459. The van der Waals surface area contributed by atoms with Gasteiger partial charge in [-0.05, 0) is 0 Å². The van der Waals surface area contributed by atoms with Crippen molar-refractivity contribution in [2.75, 3.05) is 0 Å². The van der Waals surface area contributed by atoms with E-state index in [1.807, 2.05) is 0 Å². The Hall–Kier alpha value is -6.52. The van der Waals surface area contributed by atoms with E-state index >= 15 is 0 Å². The zero-order valence-corrected chi connectivity index (χ0v) is 34.6. The fraction of sp³-hybridized carbons (Fsp3) is 0. The van der Waals surface area contributed by atoms with Gasteiger partial charge in [-0.2, -0.15) is 0 Å². The molecule has 6 heteroatoms. The van der Waals surface area contributed by atoms with E-state index in [0.717, 1.165) is 44.8 Å². The van der Waals surface area contributed by atoms with Crippen LogP contribution in [0.2, 0.25) is 0 Å². The molecule has 0 amide bonds. The molecule has 0 fully saturated rings. The Morgan fingerprint density at radius 3 is 0.931 bits per heavy atom. The van der Waals surface area contributed by atoms with E-state index in [1.54, 1.807) is 0 Å². The molecule has 0 atom stereocenters. The summed E-state index contributed by atoms with van der Waals surface area (Å²) in [7, 11) is 0. The Morgan fingerprint density at radius 1 is 0.276 bits per heavy atom. The Bertz CT molecular complexity index is 3090. The summed E-state index contributed by atoms with van der Waals surface area (Å²) in [6.45, 7) is 0. The third kappa shape index (κ3) is 6.34. The number of hydrogen-bond acceptors (Lipinski definition) is 2. The van der Waals surface area contributed by atoms with Crippen molar-refractivity contribution in [2.24, 2.45) is 0 Å². The number of hydrogen-bond donors (Lipinski definition) is 2. The van der Waals surface area contributed by atoms with Gasteiger partial charge in [-0.3, -0.25) is 0 Å². The summed E-state index contributed by atoms with van der Waals surface area (Å²) in [6, 6.07) is 61.0. The third-order valence-electron chi connectivity index (χ3n) is 10.7. The van der Waals surface area contributed by atoms with Crippen LogP contribution in [-0.2, 0) is 0 Å². The summed E-state index contributed by atoms with van der Waals surface area (Å²) < 4.78 is 5.24. The van der Waals surface area contributed by atoms with Crippen LogP contribution in [0.5, 0.6) is 0 Å². The van der Waals surface area contributed by atoms with Crippen LogP contribution < -0.4 is 0 Å². The number of aromatic nitrogens is 4. The van der Waals surface area contributed by atoms with Crippen LogP contribution >= 0.6 is 0 Å². The molecule has 0 saturated heterocycles. The molecule has 2 N–H and O–H groups in total. The van der Waals surface area contributed by atoms with Crippen LogP contribution in [-0.4, -0.2) is 48.9 Å². The predicted molar refractivity (Wildman–Crippen MR) is 247 cm³/mol. The molecule has 0 spiro atoms. The summed E-state index contributed by atoms with van der Waals surface area (Å²) >= 11 is 0.00918. The van der Waals surface area contributed by atoms with E-state index in [0.29, 0.717) is 0 Å². The van der Waals surface area contributed by atoms with Crippen molar-refractivity contribution < 1.29 is 0 Å².